The Balaban J connectivity index is 0. The molecule has 2 aliphatic rings. The molecule has 2 unspecified atom stereocenters. The van der Waals surface area contributed by atoms with Gasteiger partial charge in [-0.1, -0.05) is 19.4 Å². The number of amides is 3. The molecular formula is C15H21F2N2O3SW-. The maximum absolute atomic E-state index is 13.4. The van der Waals surface area contributed by atoms with Crippen LogP contribution in [-0.4, -0.2) is 36.2 Å². The van der Waals surface area contributed by atoms with Crippen LogP contribution in [0.15, 0.2) is 17.5 Å². The molecule has 136 valence electrons. The fourth-order valence-corrected chi connectivity index (χ4v) is 1.83. The number of hydrogen-bond acceptors (Lipinski definition) is 4. The van der Waals surface area contributed by atoms with Gasteiger partial charge in [-0.2, -0.15) is 18.7 Å². The minimum atomic E-state index is -1.86. The normalized spacial score (nSPS) is 22.1. The van der Waals surface area contributed by atoms with Gasteiger partial charge in [-0.05, 0) is 19.1 Å². The molecule has 0 aromatic heterocycles. The first-order valence-corrected chi connectivity index (χ1v) is 8.09. The summed E-state index contributed by atoms with van der Waals surface area (Å²) in [7, 11) is 0. The number of allylic oxidation sites excluding steroid dienone is 2. The Labute approximate surface area is 160 Å². The van der Waals surface area contributed by atoms with Crippen molar-refractivity contribution in [2.24, 2.45) is 0 Å². The summed E-state index contributed by atoms with van der Waals surface area (Å²) in [5, 5.41) is 4.31. The number of piperidine rings is 1. The van der Waals surface area contributed by atoms with Crippen molar-refractivity contribution in [1.29, 1.82) is 0 Å². The molecule has 0 saturated carbocycles. The van der Waals surface area contributed by atoms with Crippen LogP contribution >= 0.6 is 12.6 Å². The van der Waals surface area contributed by atoms with Crippen molar-refractivity contribution < 1.29 is 44.2 Å². The summed E-state index contributed by atoms with van der Waals surface area (Å²) in [5.41, 5.74) is -0.538. The van der Waals surface area contributed by atoms with Gasteiger partial charge in [0.1, 0.15) is 12.1 Å². The predicted octanol–water partition coefficient (Wildman–Crippen LogP) is 1.80. The zero-order chi connectivity index (χ0) is 18.0. The molecule has 0 aromatic carbocycles. The number of carbonyl (C=O) groups is 3. The van der Waals surface area contributed by atoms with Gasteiger partial charge in [0.05, 0.1) is 6.04 Å². The number of imide groups is 1. The number of nitrogens with one attached hydrogen (secondary N) is 2. The number of thiol groups is 1. The second kappa shape index (κ2) is 13.3. The zero-order valence-corrected chi connectivity index (χ0v) is 17.5. The number of alkyl halides is 1. The summed E-state index contributed by atoms with van der Waals surface area (Å²) in [6.45, 7) is 4.00. The van der Waals surface area contributed by atoms with Crippen LogP contribution in [0.1, 0.15) is 33.1 Å². The molecule has 5 nitrogen and oxygen atoms in total. The van der Waals surface area contributed by atoms with Crippen LogP contribution in [0.5, 0.6) is 0 Å². The molecule has 24 heavy (non-hydrogen) atoms. The van der Waals surface area contributed by atoms with Gasteiger partial charge < -0.3 is 10.1 Å². The molecule has 0 radical (unpaired) electrons. The fourth-order valence-electron chi connectivity index (χ4n) is 1.83. The summed E-state index contributed by atoms with van der Waals surface area (Å²) >= 11 is 3.53. The van der Waals surface area contributed by atoms with E-state index in [-0.39, 0.29) is 40.3 Å². The van der Waals surface area contributed by atoms with Crippen molar-refractivity contribution in [1.82, 2.24) is 10.6 Å². The number of halogens is 2. The van der Waals surface area contributed by atoms with Crippen molar-refractivity contribution in [3.05, 3.63) is 23.6 Å². The standard InChI is InChI=1S/C12H11F2N2O3.C2H6.CH4S.W/c13-7-3-1-2-6(10(7)14)11(18)15-8-4-5-9(17)16-12(8)19;2*1-2;/h1,7-8H,3-5H2,(H,15,18)(H,16,17,19);1-2H3;2H,1H3;/q-1;;;. The van der Waals surface area contributed by atoms with Crippen LogP contribution in [0, 0.1) is 6.08 Å². The SMILES string of the molecule is CC.CS.O=C1CCC(NC(=O)C2=C(F)C(F)CC=[C-]2)C(=O)N1.[W]. The average molecular weight is 531 g/mol. The van der Waals surface area contributed by atoms with E-state index in [0.717, 1.165) is 0 Å². The molecule has 0 aromatic rings. The Bertz CT molecular complexity index is 513. The largest absolute Gasteiger partial charge is 0.394 e. The van der Waals surface area contributed by atoms with E-state index in [1.54, 1.807) is 6.26 Å². The van der Waals surface area contributed by atoms with Gasteiger partial charge in [-0.25, -0.2) is 0 Å². The average Bonchev–Trinajstić information content (AvgIpc) is 2.56. The van der Waals surface area contributed by atoms with Gasteiger partial charge in [0, 0.05) is 33.3 Å². The van der Waals surface area contributed by atoms with Crippen molar-refractivity contribution in [3.8, 4) is 0 Å². The molecule has 1 aliphatic carbocycles. The summed E-state index contributed by atoms with van der Waals surface area (Å²) < 4.78 is 26.5. The number of carbonyl (C=O) groups excluding carboxylic acids is 3. The Morgan fingerprint density at radius 3 is 2.50 bits per heavy atom. The van der Waals surface area contributed by atoms with Crippen molar-refractivity contribution in [3.63, 3.8) is 0 Å². The predicted molar refractivity (Wildman–Crippen MR) is 86.0 cm³/mol. The molecule has 0 spiro atoms. The maximum atomic E-state index is 13.4. The van der Waals surface area contributed by atoms with E-state index in [1.807, 2.05) is 13.8 Å². The van der Waals surface area contributed by atoms with Gasteiger partial charge in [0.15, 0.2) is 0 Å². The van der Waals surface area contributed by atoms with E-state index >= 15 is 0 Å². The minimum absolute atomic E-state index is 0. The van der Waals surface area contributed by atoms with Crippen LogP contribution in [0.3, 0.4) is 0 Å². The number of hydrogen-bond donors (Lipinski definition) is 3. The molecule has 1 heterocycles. The second-order valence-corrected chi connectivity index (χ2v) is 4.25. The van der Waals surface area contributed by atoms with Crippen LogP contribution < -0.4 is 10.6 Å². The van der Waals surface area contributed by atoms with E-state index in [2.05, 4.69) is 29.3 Å². The monoisotopic (exact) mass is 531 g/mol. The first-order chi connectivity index (χ1) is 11.0. The van der Waals surface area contributed by atoms with Crippen LogP contribution in [0.4, 0.5) is 8.78 Å². The Hall–Kier alpha value is -1.01. The van der Waals surface area contributed by atoms with Crippen molar-refractivity contribution in [2.75, 3.05) is 6.26 Å². The van der Waals surface area contributed by atoms with Gasteiger partial charge >= 0.3 is 0 Å². The quantitative estimate of drug-likeness (QED) is 0.289. The summed E-state index contributed by atoms with van der Waals surface area (Å²) in [6, 6.07) is -0.924. The second-order valence-electron chi connectivity index (χ2n) is 4.25. The van der Waals surface area contributed by atoms with Crippen LogP contribution in [0.2, 0.25) is 0 Å². The Morgan fingerprint density at radius 1 is 1.38 bits per heavy atom. The molecule has 2 N–H and O–H groups in total. The Kier molecular flexibility index (Phi) is 14.0. The third-order valence-corrected chi connectivity index (χ3v) is 2.86. The molecule has 9 heteroatoms. The maximum Gasteiger partial charge on any atom is 0.248 e. The molecule has 1 fully saturated rings. The third-order valence-electron chi connectivity index (χ3n) is 2.86. The molecule has 2 atom stereocenters. The smallest absolute Gasteiger partial charge is 0.248 e. The van der Waals surface area contributed by atoms with Gasteiger partial charge in [-0.15, -0.1) is 6.08 Å². The summed E-state index contributed by atoms with van der Waals surface area (Å²) in [6.07, 6.45) is 3.46. The van der Waals surface area contributed by atoms with Gasteiger partial charge in [0.25, 0.3) is 0 Å². The van der Waals surface area contributed by atoms with Crippen molar-refractivity contribution in [2.45, 2.75) is 45.3 Å². The minimum Gasteiger partial charge on any atom is -0.394 e. The molecule has 1 saturated heterocycles. The number of rotatable bonds is 2. The van der Waals surface area contributed by atoms with Crippen LogP contribution in [0.25, 0.3) is 0 Å². The van der Waals surface area contributed by atoms with E-state index in [1.165, 1.54) is 6.08 Å². The third kappa shape index (κ3) is 7.26. The van der Waals surface area contributed by atoms with E-state index in [0.29, 0.717) is 0 Å². The molecular weight excluding hydrogens is 510 g/mol. The molecule has 3 amide bonds. The van der Waals surface area contributed by atoms with Crippen molar-refractivity contribution >= 4 is 30.4 Å². The zero-order valence-electron chi connectivity index (χ0n) is 13.7. The summed E-state index contributed by atoms with van der Waals surface area (Å²) in [4.78, 5) is 34.1. The van der Waals surface area contributed by atoms with E-state index in [4.69, 9.17) is 0 Å². The Morgan fingerprint density at radius 2 is 1.96 bits per heavy atom. The first-order valence-electron chi connectivity index (χ1n) is 7.20. The van der Waals surface area contributed by atoms with Crippen LogP contribution in [-0.2, 0) is 35.4 Å². The summed E-state index contributed by atoms with van der Waals surface area (Å²) in [5.74, 6) is -3.17. The van der Waals surface area contributed by atoms with E-state index in [9.17, 15) is 23.2 Å². The fraction of sp³-hybridized carbons (Fsp3) is 0.533. The first kappa shape index (κ1) is 25.2. The van der Waals surface area contributed by atoms with Gasteiger partial charge in [-0.3, -0.25) is 23.7 Å². The van der Waals surface area contributed by atoms with E-state index < -0.39 is 41.3 Å². The molecule has 0 bridgehead atoms. The topological polar surface area (TPSA) is 75.3 Å². The molecule has 2 rings (SSSR count). The molecule has 1 aliphatic heterocycles. The van der Waals surface area contributed by atoms with Gasteiger partial charge in [0.2, 0.25) is 11.8 Å².